The zero-order valence-electron chi connectivity index (χ0n) is 10.6. The summed E-state index contributed by atoms with van der Waals surface area (Å²) in [4.78, 5) is 0. The monoisotopic (exact) mass is 303 g/mol. The van der Waals surface area contributed by atoms with Gasteiger partial charge in [0.15, 0.2) is 0 Å². The second-order valence-corrected chi connectivity index (χ2v) is 5.17. The van der Waals surface area contributed by atoms with Crippen molar-refractivity contribution < 1.29 is 0 Å². The summed E-state index contributed by atoms with van der Waals surface area (Å²) in [7, 11) is 0. The van der Waals surface area contributed by atoms with Gasteiger partial charge in [0, 0.05) is 4.47 Å². The first-order chi connectivity index (χ1) is 8.83. The van der Waals surface area contributed by atoms with Crippen LogP contribution in [0.5, 0.6) is 0 Å². The van der Waals surface area contributed by atoms with E-state index < -0.39 is 0 Å². The van der Waals surface area contributed by atoms with Gasteiger partial charge in [-0.2, -0.15) is 0 Å². The molecule has 0 saturated heterocycles. The molecule has 2 aromatic rings. The van der Waals surface area contributed by atoms with E-state index in [-0.39, 0.29) is 6.04 Å². The van der Waals surface area contributed by atoms with Gasteiger partial charge >= 0.3 is 0 Å². The lowest BCUT2D eigenvalue weighted by molar-refractivity contribution is 0.597. The normalized spacial score (nSPS) is 12.3. The second-order valence-electron chi connectivity index (χ2n) is 4.32. The SMILES string of the molecule is CCCNC(c1ccccc1)c1ccccc1Br. The average Bonchev–Trinajstić information content (AvgIpc) is 2.42. The maximum absolute atomic E-state index is 3.65. The highest BCUT2D eigenvalue weighted by molar-refractivity contribution is 9.10. The van der Waals surface area contributed by atoms with Crippen LogP contribution in [0.2, 0.25) is 0 Å². The Bertz CT molecular complexity index is 481. The van der Waals surface area contributed by atoms with E-state index >= 15 is 0 Å². The molecule has 0 bridgehead atoms. The average molecular weight is 304 g/mol. The first-order valence-corrected chi connectivity index (χ1v) is 7.15. The van der Waals surface area contributed by atoms with Crippen LogP contribution in [0.15, 0.2) is 59.1 Å². The highest BCUT2D eigenvalue weighted by Gasteiger charge is 2.14. The second kappa shape index (κ2) is 6.72. The maximum atomic E-state index is 3.65. The van der Waals surface area contributed by atoms with E-state index in [1.807, 2.05) is 0 Å². The number of benzene rings is 2. The Morgan fingerprint density at radius 3 is 2.33 bits per heavy atom. The lowest BCUT2D eigenvalue weighted by atomic mass is 9.98. The number of rotatable bonds is 5. The molecule has 2 rings (SSSR count). The summed E-state index contributed by atoms with van der Waals surface area (Å²) in [5.41, 5.74) is 2.59. The van der Waals surface area contributed by atoms with Crippen LogP contribution in [0.4, 0.5) is 0 Å². The quantitative estimate of drug-likeness (QED) is 0.855. The molecule has 0 saturated carbocycles. The first-order valence-electron chi connectivity index (χ1n) is 6.35. The van der Waals surface area contributed by atoms with Gasteiger partial charge < -0.3 is 5.32 Å². The highest BCUT2D eigenvalue weighted by Crippen LogP contribution is 2.28. The molecule has 0 aliphatic carbocycles. The fourth-order valence-electron chi connectivity index (χ4n) is 2.05. The summed E-state index contributed by atoms with van der Waals surface area (Å²) in [6.07, 6.45) is 1.13. The molecule has 1 nitrogen and oxygen atoms in total. The Morgan fingerprint density at radius 2 is 1.67 bits per heavy atom. The van der Waals surface area contributed by atoms with Crippen molar-refractivity contribution in [2.45, 2.75) is 19.4 Å². The molecule has 2 aromatic carbocycles. The molecule has 1 N–H and O–H groups in total. The van der Waals surface area contributed by atoms with Gasteiger partial charge in [-0.15, -0.1) is 0 Å². The molecule has 1 unspecified atom stereocenters. The summed E-state index contributed by atoms with van der Waals surface area (Å²) in [5.74, 6) is 0. The van der Waals surface area contributed by atoms with Crippen molar-refractivity contribution in [1.82, 2.24) is 5.32 Å². The fraction of sp³-hybridized carbons (Fsp3) is 0.250. The van der Waals surface area contributed by atoms with E-state index in [0.29, 0.717) is 0 Å². The lowest BCUT2D eigenvalue weighted by Gasteiger charge is -2.20. The van der Waals surface area contributed by atoms with Gasteiger partial charge in [-0.25, -0.2) is 0 Å². The lowest BCUT2D eigenvalue weighted by Crippen LogP contribution is -2.23. The van der Waals surface area contributed by atoms with Crippen LogP contribution in [-0.4, -0.2) is 6.54 Å². The van der Waals surface area contributed by atoms with Gasteiger partial charge in [-0.05, 0) is 30.2 Å². The van der Waals surface area contributed by atoms with Crippen molar-refractivity contribution in [3.8, 4) is 0 Å². The summed E-state index contributed by atoms with van der Waals surface area (Å²) < 4.78 is 1.16. The van der Waals surface area contributed by atoms with Gasteiger partial charge in [-0.3, -0.25) is 0 Å². The smallest absolute Gasteiger partial charge is 0.0587 e. The Morgan fingerprint density at radius 1 is 1.00 bits per heavy atom. The van der Waals surface area contributed by atoms with Crippen LogP contribution in [0.25, 0.3) is 0 Å². The molecule has 0 heterocycles. The molecule has 2 heteroatoms. The van der Waals surface area contributed by atoms with Crippen LogP contribution >= 0.6 is 15.9 Å². The molecule has 18 heavy (non-hydrogen) atoms. The van der Waals surface area contributed by atoms with Crippen molar-refractivity contribution in [2.75, 3.05) is 6.54 Å². The van der Waals surface area contributed by atoms with E-state index in [1.165, 1.54) is 11.1 Å². The summed E-state index contributed by atoms with van der Waals surface area (Å²) >= 11 is 3.65. The van der Waals surface area contributed by atoms with Gasteiger partial charge in [-0.1, -0.05) is 71.4 Å². The zero-order chi connectivity index (χ0) is 12.8. The van der Waals surface area contributed by atoms with Crippen molar-refractivity contribution in [3.05, 3.63) is 70.2 Å². The molecular formula is C16H18BrN. The van der Waals surface area contributed by atoms with Crippen LogP contribution in [0.1, 0.15) is 30.5 Å². The number of hydrogen-bond donors (Lipinski definition) is 1. The number of halogens is 1. The van der Waals surface area contributed by atoms with E-state index in [0.717, 1.165) is 17.4 Å². The molecule has 0 fully saturated rings. The largest absolute Gasteiger partial charge is 0.306 e. The summed E-state index contributed by atoms with van der Waals surface area (Å²) in [6, 6.07) is 19.2. The summed E-state index contributed by atoms with van der Waals surface area (Å²) in [5, 5.41) is 3.61. The molecule has 0 aliphatic heterocycles. The topological polar surface area (TPSA) is 12.0 Å². The van der Waals surface area contributed by atoms with Crippen molar-refractivity contribution >= 4 is 15.9 Å². The minimum Gasteiger partial charge on any atom is -0.306 e. The zero-order valence-corrected chi connectivity index (χ0v) is 12.2. The van der Waals surface area contributed by atoms with Gasteiger partial charge in [0.25, 0.3) is 0 Å². The third-order valence-corrected chi connectivity index (χ3v) is 3.67. The Balaban J connectivity index is 2.34. The summed E-state index contributed by atoms with van der Waals surface area (Å²) in [6.45, 7) is 3.20. The van der Waals surface area contributed by atoms with Crippen molar-refractivity contribution in [1.29, 1.82) is 0 Å². The molecule has 94 valence electrons. The minimum atomic E-state index is 0.252. The maximum Gasteiger partial charge on any atom is 0.0587 e. The van der Waals surface area contributed by atoms with Gasteiger partial charge in [0.05, 0.1) is 6.04 Å². The van der Waals surface area contributed by atoms with Crippen molar-refractivity contribution in [3.63, 3.8) is 0 Å². The molecular weight excluding hydrogens is 286 g/mol. The highest BCUT2D eigenvalue weighted by atomic mass is 79.9. The van der Waals surface area contributed by atoms with Gasteiger partial charge in [0.1, 0.15) is 0 Å². The van der Waals surface area contributed by atoms with Gasteiger partial charge in [0.2, 0.25) is 0 Å². The van der Waals surface area contributed by atoms with Crippen LogP contribution in [-0.2, 0) is 0 Å². The molecule has 0 radical (unpaired) electrons. The molecule has 1 atom stereocenters. The van der Waals surface area contributed by atoms with Crippen LogP contribution in [0, 0.1) is 0 Å². The third-order valence-electron chi connectivity index (χ3n) is 2.95. The van der Waals surface area contributed by atoms with Crippen LogP contribution < -0.4 is 5.32 Å². The van der Waals surface area contributed by atoms with Crippen LogP contribution in [0.3, 0.4) is 0 Å². The van der Waals surface area contributed by atoms with E-state index in [4.69, 9.17) is 0 Å². The molecule has 0 aromatic heterocycles. The Labute approximate surface area is 117 Å². The van der Waals surface area contributed by atoms with E-state index in [1.54, 1.807) is 0 Å². The molecule has 0 aliphatic rings. The standard InChI is InChI=1S/C16H18BrN/c1-2-12-18-16(13-8-4-3-5-9-13)14-10-6-7-11-15(14)17/h3-11,16,18H,2,12H2,1H3. The molecule has 0 amide bonds. The number of hydrogen-bond acceptors (Lipinski definition) is 1. The third kappa shape index (κ3) is 3.21. The molecule has 0 spiro atoms. The fourth-order valence-corrected chi connectivity index (χ4v) is 2.56. The van der Waals surface area contributed by atoms with E-state index in [2.05, 4.69) is 82.8 Å². The van der Waals surface area contributed by atoms with E-state index in [9.17, 15) is 0 Å². The predicted molar refractivity (Wildman–Crippen MR) is 80.7 cm³/mol. The minimum absolute atomic E-state index is 0.252. The Hall–Kier alpha value is -1.12. The predicted octanol–water partition coefficient (Wildman–Crippen LogP) is 4.54. The first kappa shape index (κ1) is 13.3. The Kier molecular flexibility index (Phi) is 4.97. The number of nitrogens with one attached hydrogen (secondary N) is 1. The van der Waals surface area contributed by atoms with Crippen molar-refractivity contribution in [2.24, 2.45) is 0 Å².